The van der Waals surface area contributed by atoms with Crippen LogP contribution in [0.5, 0.6) is 0 Å². The standard InChI is InChI=1S/C15H12N4/c1-2-6-12(7-3-1)10-18-13-8-4-5-9-14(13)19-15(18)16-11-17-19/h1-9,11H,10H2. The van der Waals surface area contributed by atoms with Gasteiger partial charge in [-0.05, 0) is 17.7 Å². The van der Waals surface area contributed by atoms with Crippen LogP contribution in [0.1, 0.15) is 5.56 Å². The van der Waals surface area contributed by atoms with E-state index in [2.05, 4.69) is 51.0 Å². The second-order valence-corrected chi connectivity index (χ2v) is 4.53. The summed E-state index contributed by atoms with van der Waals surface area (Å²) in [5.41, 5.74) is 3.50. The number of hydrogen-bond donors (Lipinski definition) is 0. The molecule has 0 saturated heterocycles. The zero-order valence-corrected chi connectivity index (χ0v) is 10.3. The Labute approximate surface area is 109 Å². The van der Waals surface area contributed by atoms with Gasteiger partial charge in [0.25, 0.3) is 0 Å². The molecule has 0 atom stereocenters. The summed E-state index contributed by atoms with van der Waals surface area (Å²) in [6.45, 7) is 0.802. The predicted molar refractivity (Wildman–Crippen MR) is 74.0 cm³/mol. The van der Waals surface area contributed by atoms with E-state index in [9.17, 15) is 0 Å². The van der Waals surface area contributed by atoms with Crippen LogP contribution in [-0.4, -0.2) is 19.2 Å². The maximum atomic E-state index is 4.37. The fraction of sp³-hybridized carbons (Fsp3) is 0.0667. The van der Waals surface area contributed by atoms with Crippen LogP contribution < -0.4 is 0 Å². The lowest BCUT2D eigenvalue weighted by molar-refractivity contribution is 0.839. The minimum Gasteiger partial charge on any atom is -0.304 e. The molecule has 0 unspecified atom stereocenters. The summed E-state index contributed by atoms with van der Waals surface area (Å²) >= 11 is 0. The molecule has 4 heteroatoms. The SMILES string of the molecule is c1ccc(Cn2c3ccccc3n3ncnc23)cc1. The molecule has 0 aliphatic carbocycles. The van der Waals surface area contributed by atoms with Crippen LogP contribution in [0.4, 0.5) is 0 Å². The highest BCUT2D eigenvalue weighted by Gasteiger charge is 2.11. The second kappa shape index (κ2) is 3.95. The highest BCUT2D eigenvalue weighted by atomic mass is 15.4. The maximum Gasteiger partial charge on any atom is 0.233 e. The molecule has 92 valence electrons. The Morgan fingerprint density at radius 3 is 2.42 bits per heavy atom. The van der Waals surface area contributed by atoms with Crippen LogP contribution in [0, 0.1) is 0 Å². The molecule has 2 aromatic heterocycles. The number of benzene rings is 2. The first-order chi connectivity index (χ1) is 9.43. The number of nitrogens with zero attached hydrogens (tertiary/aromatic N) is 4. The molecule has 4 aromatic rings. The summed E-state index contributed by atoms with van der Waals surface area (Å²) in [5.74, 6) is 0.880. The topological polar surface area (TPSA) is 35.1 Å². The van der Waals surface area contributed by atoms with Crippen molar-refractivity contribution in [2.45, 2.75) is 6.54 Å². The van der Waals surface area contributed by atoms with Crippen molar-refractivity contribution in [3.63, 3.8) is 0 Å². The van der Waals surface area contributed by atoms with E-state index in [1.807, 2.05) is 22.7 Å². The van der Waals surface area contributed by atoms with Gasteiger partial charge in [-0.25, -0.2) is 0 Å². The van der Waals surface area contributed by atoms with Gasteiger partial charge in [-0.3, -0.25) is 0 Å². The van der Waals surface area contributed by atoms with Crippen molar-refractivity contribution >= 4 is 16.8 Å². The zero-order chi connectivity index (χ0) is 12.7. The Bertz CT molecular complexity index is 842. The van der Waals surface area contributed by atoms with E-state index in [-0.39, 0.29) is 0 Å². The Morgan fingerprint density at radius 1 is 0.842 bits per heavy atom. The molecule has 2 aromatic carbocycles. The minimum absolute atomic E-state index is 0.802. The molecule has 0 aliphatic rings. The second-order valence-electron chi connectivity index (χ2n) is 4.53. The van der Waals surface area contributed by atoms with Gasteiger partial charge in [0.2, 0.25) is 5.78 Å². The number of fused-ring (bicyclic) bond motifs is 3. The van der Waals surface area contributed by atoms with E-state index >= 15 is 0 Å². The number of para-hydroxylation sites is 2. The molecule has 0 amide bonds. The average molecular weight is 248 g/mol. The van der Waals surface area contributed by atoms with Gasteiger partial charge in [0, 0.05) is 0 Å². The number of hydrogen-bond acceptors (Lipinski definition) is 2. The molecule has 0 aliphatic heterocycles. The Balaban J connectivity index is 1.98. The van der Waals surface area contributed by atoms with E-state index in [1.54, 1.807) is 6.33 Å². The molecule has 4 nitrogen and oxygen atoms in total. The third kappa shape index (κ3) is 1.53. The van der Waals surface area contributed by atoms with Crippen molar-refractivity contribution in [1.29, 1.82) is 0 Å². The van der Waals surface area contributed by atoms with Crippen molar-refractivity contribution < 1.29 is 0 Å². The summed E-state index contributed by atoms with van der Waals surface area (Å²) < 4.78 is 4.08. The minimum atomic E-state index is 0.802. The maximum absolute atomic E-state index is 4.37. The van der Waals surface area contributed by atoms with Gasteiger partial charge in [-0.15, -0.1) is 0 Å². The molecule has 0 saturated carbocycles. The van der Waals surface area contributed by atoms with Crippen molar-refractivity contribution in [2.75, 3.05) is 0 Å². The third-order valence-corrected chi connectivity index (χ3v) is 3.36. The van der Waals surface area contributed by atoms with E-state index in [0.29, 0.717) is 0 Å². The molecule has 0 radical (unpaired) electrons. The van der Waals surface area contributed by atoms with Crippen LogP contribution in [0.2, 0.25) is 0 Å². The van der Waals surface area contributed by atoms with E-state index < -0.39 is 0 Å². The summed E-state index contributed by atoms with van der Waals surface area (Å²) in [6, 6.07) is 18.6. The highest BCUT2D eigenvalue weighted by molar-refractivity contribution is 5.80. The Kier molecular flexibility index (Phi) is 2.14. The number of aromatic nitrogens is 4. The first kappa shape index (κ1) is 10.3. The van der Waals surface area contributed by atoms with Crippen LogP contribution in [-0.2, 0) is 6.54 Å². The Hall–Kier alpha value is -2.62. The molecule has 0 spiro atoms. The van der Waals surface area contributed by atoms with Crippen molar-refractivity contribution in [1.82, 2.24) is 19.2 Å². The molecule has 19 heavy (non-hydrogen) atoms. The van der Waals surface area contributed by atoms with Gasteiger partial charge in [-0.2, -0.15) is 14.6 Å². The molecular formula is C15H12N4. The fourth-order valence-corrected chi connectivity index (χ4v) is 2.49. The van der Waals surface area contributed by atoms with Gasteiger partial charge in [0.1, 0.15) is 6.33 Å². The van der Waals surface area contributed by atoms with Crippen molar-refractivity contribution in [2.24, 2.45) is 0 Å². The quantitative estimate of drug-likeness (QED) is 0.546. The molecule has 0 N–H and O–H groups in total. The first-order valence-electron chi connectivity index (χ1n) is 6.24. The van der Waals surface area contributed by atoms with Crippen LogP contribution in [0.15, 0.2) is 60.9 Å². The zero-order valence-electron chi connectivity index (χ0n) is 10.3. The van der Waals surface area contributed by atoms with Crippen molar-refractivity contribution in [3.8, 4) is 0 Å². The number of rotatable bonds is 2. The van der Waals surface area contributed by atoms with Gasteiger partial charge < -0.3 is 4.57 Å². The monoisotopic (exact) mass is 248 g/mol. The smallest absolute Gasteiger partial charge is 0.233 e. The third-order valence-electron chi connectivity index (χ3n) is 3.36. The lowest BCUT2D eigenvalue weighted by Crippen LogP contribution is -2.00. The van der Waals surface area contributed by atoms with E-state index in [0.717, 1.165) is 23.4 Å². The Morgan fingerprint density at radius 2 is 1.58 bits per heavy atom. The number of imidazole rings is 1. The van der Waals surface area contributed by atoms with E-state index in [1.165, 1.54) is 5.56 Å². The molecule has 2 heterocycles. The van der Waals surface area contributed by atoms with Crippen LogP contribution in [0.3, 0.4) is 0 Å². The average Bonchev–Trinajstić information content (AvgIpc) is 3.04. The van der Waals surface area contributed by atoms with Gasteiger partial charge in [-0.1, -0.05) is 42.5 Å². The summed E-state index contributed by atoms with van der Waals surface area (Å²) in [4.78, 5) is 4.37. The van der Waals surface area contributed by atoms with Gasteiger partial charge >= 0.3 is 0 Å². The predicted octanol–water partition coefficient (Wildman–Crippen LogP) is 2.73. The van der Waals surface area contributed by atoms with Crippen LogP contribution >= 0.6 is 0 Å². The van der Waals surface area contributed by atoms with Crippen molar-refractivity contribution in [3.05, 3.63) is 66.5 Å². The normalized spacial score (nSPS) is 11.4. The lowest BCUT2D eigenvalue weighted by Gasteiger charge is -2.04. The van der Waals surface area contributed by atoms with Gasteiger partial charge in [0.15, 0.2) is 0 Å². The van der Waals surface area contributed by atoms with Gasteiger partial charge in [0.05, 0.1) is 17.6 Å². The molecule has 0 fully saturated rings. The first-order valence-corrected chi connectivity index (χ1v) is 6.24. The van der Waals surface area contributed by atoms with Crippen LogP contribution in [0.25, 0.3) is 16.8 Å². The summed E-state index contributed by atoms with van der Waals surface area (Å²) in [7, 11) is 0. The molecule has 4 rings (SSSR count). The molecular weight excluding hydrogens is 236 g/mol. The summed E-state index contributed by atoms with van der Waals surface area (Å²) in [5, 5.41) is 4.29. The largest absolute Gasteiger partial charge is 0.304 e. The van der Waals surface area contributed by atoms with E-state index in [4.69, 9.17) is 0 Å². The molecule has 0 bridgehead atoms. The fourth-order valence-electron chi connectivity index (χ4n) is 2.49. The lowest BCUT2D eigenvalue weighted by atomic mass is 10.2. The summed E-state index contributed by atoms with van der Waals surface area (Å²) in [6.07, 6.45) is 1.60. The highest BCUT2D eigenvalue weighted by Crippen LogP contribution is 2.19.